The molecule has 1 spiro atoms. The highest BCUT2D eigenvalue weighted by molar-refractivity contribution is 6.21. The van der Waals surface area contributed by atoms with Gasteiger partial charge in [-0.1, -0.05) is 173 Å². The van der Waals surface area contributed by atoms with Crippen molar-refractivity contribution in [2.45, 2.75) is 56.8 Å². The zero-order valence-electron chi connectivity index (χ0n) is 38.7. The maximum atomic E-state index is 5.35. The highest BCUT2D eigenvalue weighted by atomic mass is 15.0. The van der Waals surface area contributed by atoms with Gasteiger partial charge in [0.2, 0.25) is 0 Å². The summed E-state index contributed by atoms with van der Waals surface area (Å²) >= 11 is 0. The van der Waals surface area contributed by atoms with Gasteiger partial charge in [-0.2, -0.15) is 0 Å². The van der Waals surface area contributed by atoms with E-state index in [1.54, 1.807) is 0 Å². The van der Waals surface area contributed by atoms with E-state index in [2.05, 4.69) is 208 Å². The van der Waals surface area contributed by atoms with Crippen LogP contribution in [-0.4, -0.2) is 19.5 Å². The van der Waals surface area contributed by atoms with Gasteiger partial charge in [-0.3, -0.25) is 0 Å². The van der Waals surface area contributed by atoms with Crippen molar-refractivity contribution in [3.05, 3.63) is 228 Å². The van der Waals surface area contributed by atoms with Crippen molar-refractivity contribution >= 4 is 32.6 Å². The van der Waals surface area contributed by atoms with Crippen molar-refractivity contribution in [3.8, 4) is 62.1 Å². The monoisotopic (exact) mass is 872 g/mol. The molecule has 4 nitrogen and oxygen atoms in total. The van der Waals surface area contributed by atoms with Crippen LogP contribution >= 0.6 is 0 Å². The lowest BCUT2D eigenvalue weighted by molar-refractivity contribution is 0.332. The number of hydrogen-bond acceptors (Lipinski definition) is 3. The zero-order chi connectivity index (χ0) is 45.5. The lowest BCUT2D eigenvalue weighted by Gasteiger charge is -2.42. The summed E-state index contributed by atoms with van der Waals surface area (Å²) in [6, 6.07) is 71.3. The van der Waals surface area contributed by atoms with E-state index < -0.39 is 5.41 Å². The molecule has 0 N–H and O–H groups in total. The molecule has 11 aromatic rings. The minimum Gasteiger partial charge on any atom is -0.309 e. The summed E-state index contributed by atoms with van der Waals surface area (Å²) in [7, 11) is 0. The smallest absolute Gasteiger partial charge is 0.164 e. The predicted octanol–water partition coefficient (Wildman–Crippen LogP) is 15.8. The minimum atomic E-state index is -0.465. The Labute approximate surface area is 396 Å². The largest absolute Gasteiger partial charge is 0.309 e. The normalized spacial score (nSPS) is 15.6. The van der Waals surface area contributed by atoms with E-state index in [0.29, 0.717) is 17.5 Å². The van der Waals surface area contributed by atoms with Gasteiger partial charge in [0.05, 0.1) is 16.4 Å². The Kier molecular flexibility index (Phi) is 8.10. The fraction of sp³-hybridized carbons (Fsp3) is 0.141. The first-order valence-corrected chi connectivity index (χ1v) is 24.1. The van der Waals surface area contributed by atoms with Crippen LogP contribution in [0.5, 0.6) is 0 Å². The Balaban J connectivity index is 0.946. The first-order valence-electron chi connectivity index (χ1n) is 24.1. The summed E-state index contributed by atoms with van der Waals surface area (Å²) in [5, 5.41) is 5.16. The van der Waals surface area contributed by atoms with Crippen LogP contribution in [0.3, 0.4) is 0 Å². The van der Waals surface area contributed by atoms with Gasteiger partial charge in [0, 0.05) is 33.2 Å². The third kappa shape index (κ3) is 5.40. The van der Waals surface area contributed by atoms with E-state index in [9.17, 15) is 0 Å². The fourth-order valence-corrected chi connectivity index (χ4v) is 12.5. The van der Waals surface area contributed by atoms with E-state index in [-0.39, 0.29) is 10.8 Å². The summed E-state index contributed by atoms with van der Waals surface area (Å²) < 4.78 is 2.48. The Morgan fingerprint density at radius 2 is 0.868 bits per heavy atom. The molecule has 0 saturated carbocycles. The van der Waals surface area contributed by atoms with Crippen LogP contribution in [0.2, 0.25) is 0 Å². The molecule has 0 amide bonds. The van der Waals surface area contributed by atoms with E-state index in [1.165, 1.54) is 94.6 Å². The Hall–Kier alpha value is -7.95. The summed E-state index contributed by atoms with van der Waals surface area (Å²) in [5.74, 6) is 1.94. The van der Waals surface area contributed by atoms with Gasteiger partial charge >= 0.3 is 0 Å². The predicted molar refractivity (Wildman–Crippen MR) is 280 cm³/mol. The van der Waals surface area contributed by atoms with Gasteiger partial charge in [-0.05, 0) is 139 Å². The average Bonchev–Trinajstić information content (AvgIpc) is 3.99. The highest BCUT2D eigenvalue weighted by Gasteiger charge is 2.51. The van der Waals surface area contributed by atoms with Crippen molar-refractivity contribution in [2.75, 3.05) is 0 Å². The SMILES string of the molecule is CC1(C)CCC(C)(C)c2cc3c(cc21)c1c2ccccc2ccc1n3-c1ccc(-c2nc(-c3ccccc3)nc(-c3ccc4c(c3)C3(c5ccccc5-c5ccccc53)c3ccccc3-4)n2)cc1. The molecule has 9 aromatic carbocycles. The molecule has 2 heterocycles. The molecule has 0 saturated heterocycles. The lowest BCUT2D eigenvalue weighted by atomic mass is 9.63. The molecule has 68 heavy (non-hydrogen) atoms. The van der Waals surface area contributed by atoms with Gasteiger partial charge < -0.3 is 4.57 Å². The van der Waals surface area contributed by atoms with Gasteiger partial charge in [0.15, 0.2) is 17.5 Å². The quantitative estimate of drug-likeness (QED) is 0.177. The molecule has 3 aliphatic rings. The van der Waals surface area contributed by atoms with Gasteiger partial charge in [-0.15, -0.1) is 0 Å². The van der Waals surface area contributed by atoms with Gasteiger partial charge in [-0.25, -0.2) is 15.0 Å². The number of rotatable bonds is 4. The van der Waals surface area contributed by atoms with Crippen LogP contribution in [0, 0.1) is 0 Å². The molecular formula is C64H48N4. The van der Waals surface area contributed by atoms with Crippen LogP contribution in [0.15, 0.2) is 194 Å². The van der Waals surface area contributed by atoms with Crippen molar-refractivity contribution in [3.63, 3.8) is 0 Å². The summed E-state index contributed by atoms with van der Waals surface area (Å²) in [4.78, 5) is 15.8. The van der Waals surface area contributed by atoms with Crippen LogP contribution < -0.4 is 0 Å². The van der Waals surface area contributed by atoms with Crippen LogP contribution in [-0.2, 0) is 16.2 Å². The first-order chi connectivity index (χ1) is 33.2. The third-order valence-electron chi connectivity index (χ3n) is 15.9. The lowest BCUT2D eigenvalue weighted by Crippen LogP contribution is -2.33. The molecule has 3 aliphatic carbocycles. The second kappa shape index (κ2) is 14.0. The number of aromatic nitrogens is 4. The van der Waals surface area contributed by atoms with Crippen molar-refractivity contribution in [1.29, 1.82) is 0 Å². The summed E-state index contributed by atoms with van der Waals surface area (Å²) in [6.45, 7) is 9.69. The second-order valence-electron chi connectivity index (χ2n) is 20.6. The third-order valence-corrected chi connectivity index (χ3v) is 15.9. The molecule has 324 valence electrons. The number of fused-ring (bicyclic) bond motifs is 16. The van der Waals surface area contributed by atoms with Crippen LogP contribution in [0.1, 0.15) is 73.9 Å². The Bertz CT molecular complexity index is 3850. The molecule has 0 atom stereocenters. The molecule has 0 radical (unpaired) electrons. The van der Waals surface area contributed by atoms with E-state index in [1.807, 2.05) is 18.2 Å². The highest BCUT2D eigenvalue weighted by Crippen LogP contribution is 2.63. The maximum Gasteiger partial charge on any atom is 0.164 e. The number of hydrogen-bond donors (Lipinski definition) is 0. The fourth-order valence-electron chi connectivity index (χ4n) is 12.5. The second-order valence-corrected chi connectivity index (χ2v) is 20.6. The van der Waals surface area contributed by atoms with Crippen molar-refractivity contribution in [2.24, 2.45) is 0 Å². The molecule has 0 unspecified atom stereocenters. The summed E-state index contributed by atoms with van der Waals surface area (Å²) in [5.41, 5.74) is 19.3. The number of nitrogens with zero attached hydrogens (tertiary/aromatic N) is 4. The van der Waals surface area contributed by atoms with Gasteiger partial charge in [0.25, 0.3) is 0 Å². The molecule has 0 bridgehead atoms. The van der Waals surface area contributed by atoms with E-state index in [0.717, 1.165) is 28.8 Å². The molecule has 0 aliphatic heterocycles. The molecule has 14 rings (SSSR count). The van der Waals surface area contributed by atoms with Gasteiger partial charge in [0.1, 0.15) is 0 Å². The molecule has 2 aromatic heterocycles. The van der Waals surface area contributed by atoms with Crippen LogP contribution in [0.4, 0.5) is 0 Å². The van der Waals surface area contributed by atoms with E-state index >= 15 is 0 Å². The average molecular weight is 873 g/mol. The van der Waals surface area contributed by atoms with Crippen molar-refractivity contribution < 1.29 is 0 Å². The van der Waals surface area contributed by atoms with E-state index in [4.69, 9.17) is 15.0 Å². The standard InChI is InChI=1S/C64H48N4/c1-62(2)34-35-63(3,4)55-38-57-49(37-54(55)62)58-44-19-9-8-16-39(44)29-33-56(58)68(57)43-30-26-41(27-31-43)60-65-59(40-17-6-5-7-18-40)66-61(67-60)42-28-32-48-47-22-12-15-25-52(47)64(53(48)36-42)50-23-13-10-20-45(50)46-21-11-14-24-51(46)64/h5-33,36-38H,34-35H2,1-4H3. The Morgan fingerprint density at radius 3 is 1.50 bits per heavy atom. The zero-order valence-corrected chi connectivity index (χ0v) is 38.7. The Morgan fingerprint density at radius 1 is 0.368 bits per heavy atom. The molecule has 4 heteroatoms. The molecule has 0 fully saturated rings. The molecular weight excluding hydrogens is 825 g/mol. The topological polar surface area (TPSA) is 43.6 Å². The summed E-state index contributed by atoms with van der Waals surface area (Å²) in [6.07, 6.45) is 2.34. The van der Waals surface area contributed by atoms with Crippen LogP contribution in [0.25, 0.3) is 94.7 Å². The van der Waals surface area contributed by atoms with Crippen molar-refractivity contribution in [1.82, 2.24) is 19.5 Å². The first kappa shape index (κ1) is 39.2. The number of benzene rings is 9. The maximum absolute atomic E-state index is 5.35. The minimum absolute atomic E-state index is 0.0780.